The van der Waals surface area contributed by atoms with Gasteiger partial charge in [0.1, 0.15) is 5.54 Å². The van der Waals surface area contributed by atoms with Crippen molar-refractivity contribution in [2.75, 3.05) is 20.3 Å². The van der Waals surface area contributed by atoms with Gasteiger partial charge < -0.3 is 9.47 Å². The molecule has 1 heterocycles. The number of carbonyl (C=O) groups excluding carboxylic acids is 1. The summed E-state index contributed by atoms with van der Waals surface area (Å²) < 4.78 is 10.3. The standard InChI is InChI=1S/C11H21NO3/c1-4-11(2,10(13)14-3)12-8-9-6-5-7-15-9/h9,12H,4-8H2,1-3H3/t9-,11-/m0/s1. The van der Waals surface area contributed by atoms with Crippen LogP contribution in [0.15, 0.2) is 0 Å². The normalized spacial score (nSPS) is 24.9. The largest absolute Gasteiger partial charge is 0.468 e. The zero-order chi connectivity index (χ0) is 11.3. The topological polar surface area (TPSA) is 47.6 Å². The van der Waals surface area contributed by atoms with Crippen LogP contribution in [0.5, 0.6) is 0 Å². The third-order valence-electron chi connectivity index (χ3n) is 3.09. The Hall–Kier alpha value is -0.610. The second-order valence-corrected chi connectivity index (χ2v) is 4.19. The molecule has 0 spiro atoms. The first-order valence-corrected chi connectivity index (χ1v) is 5.57. The molecule has 0 aromatic rings. The molecule has 1 aliphatic rings. The molecule has 0 radical (unpaired) electrons. The van der Waals surface area contributed by atoms with E-state index in [1.165, 1.54) is 7.11 Å². The van der Waals surface area contributed by atoms with E-state index in [4.69, 9.17) is 9.47 Å². The molecule has 1 rings (SSSR count). The fourth-order valence-electron chi connectivity index (χ4n) is 1.71. The number of ether oxygens (including phenoxy) is 2. The summed E-state index contributed by atoms with van der Waals surface area (Å²) in [5.74, 6) is -0.206. The maximum atomic E-state index is 11.5. The Morgan fingerprint density at radius 2 is 2.40 bits per heavy atom. The third-order valence-corrected chi connectivity index (χ3v) is 3.09. The van der Waals surface area contributed by atoms with Gasteiger partial charge in [-0.25, -0.2) is 0 Å². The lowest BCUT2D eigenvalue weighted by Gasteiger charge is -2.27. The van der Waals surface area contributed by atoms with Crippen LogP contribution in [0.25, 0.3) is 0 Å². The highest BCUT2D eigenvalue weighted by Crippen LogP contribution is 2.15. The van der Waals surface area contributed by atoms with Gasteiger partial charge in [-0.2, -0.15) is 0 Å². The van der Waals surface area contributed by atoms with Crippen LogP contribution < -0.4 is 5.32 Å². The Morgan fingerprint density at radius 1 is 1.67 bits per heavy atom. The van der Waals surface area contributed by atoms with E-state index in [-0.39, 0.29) is 12.1 Å². The SMILES string of the molecule is CC[C@](C)(NC[C@@H]1CCCO1)C(=O)OC. The lowest BCUT2D eigenvalue weighted by molar-refractivity contribution is -0.148. The van der Waals surface area contributed by atoms with Gasteiger partial charge in [0.2, 0.25) is 0 Å². The summed E-state index contributed by atoms with van der Waals surface area (Å²) in [4.78, 5) is 11.5. The molecular formula is C11H21NO3. The fraction of sp³-hybridized carbons (Fsp3) is 0.909. The second-order valence-electron chi connectivity index (χ2n) is 4.19. The molecule has 0 aromatic carbocycles. The van der Waals surface area contributed by atoms with Crippen molar-refractivity contribution >= 4 is 5.97 Å². The monoisotopic (exact) mass is 215 g/mol. The van der Waals surface area contributed by atoms with Crippen LogP contribution in [0.4, 0.5) is 0 Å². The highest BCUT2D eigenvalue weighted by molar-refractivity contribution is 5.80. The van der Waals surface area contributed by atoms with Gasteiger partial charge >= 0.3 is 5.97 Å². The Morgan fingerprint density at radius 3 is 2.87 bits per heavy atom. The number of carbonyl (C=O) groups is 1. The number of hydrogen-bond donors (Lipinski definition) is 1. The number of methoxy groups -OCH3 is 1. The lowest BCUT2D eigenvalue weighted by Crippen LogP contribution is -2.51. The average molecular weight is 215 g/mol. The van der Waals surface area contributed by atoms with Crippen molar-refractivity contribution in [1.29, 1.82) is 0 Å². The fourth-order valence-corrected chi connectivity index (χ4v) is 1.71. The highest BCUT2D eigenvalue weighted by atomic mass is 16.5. The smallest absolute Gasteiger partial charge is 0.325 e. The molecule has 0 bridgehead atoms. The van der Waals surface area contributed by atoms with Crippen molar-refractivity contribution in [2.24, 2.45) is 0 Å². The number of nitrogens with one attached hydrogen (secondary N) is 1. The van der Waals surface area contributed by atoms with Crippen molar-refractivity contribution in [2.45, 2.75) is 44.8 Å². The zero-order valence-electron chi connectivity index (χ0n) is 9.84. The molecular weight excluding hydrogens is 194 g/mol. The molecule has 0 unspecified atom stereocenters. The van der Waals surface area contributed by atoms with E-state index < -0.39 is 5.54 Å². The average Bonchev–Trinajstić information content (AvgIpc) is 2.77. The Balaban J connectivity index is 2.41. The van der Waals surface area contributed by atoms with Gasteiger partial charge in [0.25, 0.3) is 0 Å². The van der Waals surface area contributed by atoms with Crippen molar-refractivity contribution in [3.8, 4) is 0 Å². The lowest BCUT2D eigenvalue weighted by atomic mass is 9.99. The molecule has 1 aliphatic heterocycles. The maximum absolute atomic E-state index is 11.5. The summed E-state index contributed by atoms with van der Waals surface area (Å²) in [5.41, 5.74) is -0.583. The molecule has 4 nitrogen and oxygen atoms in total. The first kappa shape index (κ1) is 12.5. The van der Waals surface area contributed by atoms with Crippen LogP contribution in [-0.2, 0) is 14.3 Å². The number of hydrogen-bond acceptors (Lipinski definition) is 4. The first-order chi connectivity index (χ1) is 7.12. The summed E-state index contributed by atoms with van der Waals surface area (Å²) in [6, 6.07) is 0. The van der Waals surface area contributed by atoms with Crippen LogP contribution in [0.1, 0.15) is 33.1 Å². The minimum atomic E-state index is -0.583. The third kappa shape index (κ3) is 3.18. The van der Waals surface area contributed by atoms with Crippen molar-refractivity contribution in [3.63, 3.8) is 0 Å². The molecule has 0 amide bonds. The second kappa shape index (κ2) is 5.47. The Bertz CT molecular complexity index is 214. The predicted molar refractivity (Wildman–Crippen MR) is 57.7 cm³/mol. The Labute approximate surface area is 91.3 Å². The first-order valence-electron chi connectivity index (χ1n) is 5.57. The summed E-state index contributed by atoms with van der Waals surface area (Å²) in [5, 5.41) is 3.24. The molecule has 0 saturated carbocycles. The van der Waals surface area contributed by atoms with Gasteiger partial charge in [-0.3, -0.25) is 10.1 Å². The zero-order valence-corrected chi connectivity index (χ0v) is 9.84. The molecule has 1 fully saturated rings. The van der Waals surface area contributed by atoms with Gasteiger partial charge in [-0.05, 0) is 26.2 Å². The quantitative estimate of drug-likeness (QED) is 0.698. The maximum Gasteiger partial charge on any atom is 0.325 e. The molecule has 88 valence electrons. The Kier molecular flexibility index (Phi) is 4.54. The molecule has 1 N–H and O–H groups in total. The highest BCUT2D eigenvalue weighted by Gasteiger charge is 2.32. The van der Waals surface area contributed by atoms with Crippen LogP contribution in [-0.4, -0.2) is 37.9 Å². The van der Waals surface area contributed by atoms with Gasteiger partial charge in [-0.1, -0.05) is 6.92 Å². The van der Waals surface area contributed by atoms with E-state index in [9.17, 15) is 4.79 Å². The van der Waals surface area contributed by atoms with E-state index in [1.807, 2.05) is 13.8 Å². The van der Waals surface area contributed by atoms with Crippen molar-refractivity contribution in [3.05, 3.63) is 0 Å². The van der Waals surface area contributed by atoms with Crippen molar-refractivity contribution < 1.29 is 14.3 Å². The summed E-state index contributed by atoms with van der Waals surface area (Å²) >= 11 is 0. The summed E-state index contributed by atoms with van der Waals surface area (Å²) in [6.45, 7) is 5.40. The van der Waals surface area contributed by atoms with Crippen LogP contribution in [0.3, 0.4) is 0 Å². The van der Waals surface area contributed by atoms with Gasteiger partial charge in [-0.15, -0.1) is 0 Å². The van der Waals surface area contributed by atoms with Crippen LogP contribution in [0, 0.1) is 0 Å². The van der Waals surface area contributed by atoms with E-state index in [0.29, 0.717) is 6.42 Å². The summed E-state index contributed by atoms with van der Waals surface area (Å²) in [7, 11) is 1.42. The molecule has 0 aliphatic carbocycles. The number of esters is 1. The van der Waals surface area contributed by atoms with Gasteiger partial charge in [0.15, 0.2) is 0 Å². The van der Waals surface area contributed by atoms with E-state index in [1.54, 1.807) is 0 Å². The van der Waals surface area contributed by atoms with Crippen LogP contribution >= 0.6 is 0 Å². The van der Waals surface area contributed by atoms with Crippen molar-refractivity contribution in [1.82, 2.24) is 5.32 Å². The van der Waals surface area contributed by atoms with E-state index in [2.05, 4.69) is 5.32 Å². The van der Waals surface area contributed by atoms with E-state index in [0.717, 1.165) is 26.0 Å². The molecule has 2 atom stereocenters. The molecule has 0 aromatic heterocycles. The predicted octanol–water partition coefficient (Wildman–Crippen LogP) is 1.10. The molecule has 1 saturated heterocycles. The molecule has 4 heteroatoms. The molecule has 15 heavy (non-hydrogen) atoms. The van der Waals surface area contributed by atoms with Gasteiger partial charge in [0, 0.05) is 13.2 Å². The van der Waals surface area contributed by atoms with Gasteiger partial charge in [0.05, 0.1) is 13.2 Å². The summed E-state index contributed by atoms with van der Waals surface area (Å²) in [6.07, 6.45) is 3.16. The van der Waals surface area contributed by atoms with Crippen LogP contribution in [0.2, 0.25) is 0 Å². The van der Waals surface area contributed by atoms with E-state index >= 15 is 0 Å². The minimum Gasteiger partial charge on any atom is -0.468 e. The number of rotatable bonds is 5. The minimum absolute atomic E-state index is 0.206.